The number of carbonyl (C=O) groups excluding carboxylic acids is 1. The van der Waals surface area contributed by atoms with Crippen LogP contribution in [-0.2, 0) is 18.3 Å². The average Bonchev–Trinajstić information content (AvgIpc) is 3.16. The summed E-state index contributed by atoms with van der Waals surface area (Å²) in [6, 6.07) is 7.40. The highest BCUT2D eigenvalue weighted by atomic mass is 19.1. The summed E-state index contributed by atoms with van der Waals surface area (Å²) in [6.07, 6.45) is 3.51. The lowest BCUT2D eigenvalue weighted by molar-refractivity contribution is 0.0688. The fourth-order valence-corrected chi connectivity index (χ4v) is 5.77. The first-order valence-electron chi connectivity index (χ1n) is 11.4. The number of amides is 1. The number of benzene rings is 1. The van der Waals surface area contributed by atoms with Crippen molar-refractivity contribution in [3.05, 3.63) is 64.2 Å². The van der Waals surface area contributed by atoms with E-state index in [1.165, 1.54) is 0 Å². The Morgan fingerprint density at radius 3 is 2.69 bits per heavy atom. The lowest BCUT2D eigenvalue weighted by atomic mass is 9.73. The molecule has 0 atom stereocenters. The average molecular weight is 431 g/mol. The number of aryl methyl sites for hydroxylation is 1. The molecule has 4 heterocycles. The lowest BCUT2D eigenvalue weighted by Gasteiger charge is -2.50. The Hall–Kier alpha value is -2.99. The van der Waals surface area contributed by atoms with E-state index in [0.29, 0.717) is 17.8 Å². The number of fused-ring (bicyclic) bond motifs is 6. The molecule has 3 aliphatic rings. The maximum absolute atomic E-state index is 14.9. The number of hydrogen-bond donors (Lipinski definition) is 2. The number of rotatable bonds is 2. The largest absolute Gasteiger partial charge is 0.357 e. The van der Waals surface area contributed by atoms with Gasteiger partial charge in [-0.1, -0.05) is 19.9 Å². The van der Waals surface area contributed by atoms with Gasteiger partial charge in [-0.05, 0) is 60.7 Å². The summed E-state index contributed by atoms with van der Waals surface area (Å²) in [5, 5.41) is 3.12. The highest BCUT2D eigenvalue weighted by Crippen LogP contribution is 2.44. The molecule has 164 valence electrons. The van der Waals surface area contributed by atoms with Crippen molar-refractivity contribution in [3.8, 4) is 22.5 Å². The van der Waals surface area contributed by atoms with Crippen LogP contribution in [0.1, 0.15) is 52.5 Å². The highest BCUT2D eigenvalue weighted by Gasteiger charge is 2.50. The number of H-pyrrole nitrogens is 1. The number of nitrogens with one attached hydrogen (secondary N) is 2. The van der Waals surface area contributed by atoms with Gasteiger partial charge in [0.1, 0.15) is 5.82 Å². The van der Waals surface area contributed by atoms with Gasteiger partial charge >= 0.3 is 0 Å². The molecule has 1 aliphatic carbocycles. The van der Waals surface area contributed by atoms with Crippen molar-refractivity contribution >= 4 is 5.91 Å². The fourth-order valence-electron chi connectivity index (χ4n) is 5.77. The van der Waals surface area contributed by atoms with Crippen LogP contribution in [0.15, 0.2) is 30.5 Å². The van der Waals surface area contributed by atoms with E-state index < -0.39 is 0 Å². The summed E-state index contributed by atoms with van der Waals surface area (Å²) >= 11 is 0. The van der Waals surface area contributed by atoms with Crippen molar-refractivity contribution < 1.29 is 9.18 Å². The summed E-state index contributed by atoms with van der Waals surface area (Å²) in [7, 11) is 2.11. The number of likely N-dealkylation sites (N-methyl/N-ethyl adjacent to an activating group) is 1. The van der Waals surface area contributed by atoms with Crippen LogP contribution < -0.4 is 5.32 Å². The summed E-state index contributed by atoms with van der Waals surface area (Å²) in [5.41, 5.74) is 8.24. The molecule has 2 N–H and O–H groups in total. The van der Waals surface area contributed by atoms with Crippen molar-refractivity contribution in [2.24, 2.45) is 0 Å². The Morgan fingerprint density at radius 1 is 1.16 bits per heavy atom. The van der Waals surface area contributed by atoms with Crippen molar-refractivity contribution in [3.63, 3.8) is 0 Å². The van der Waals surface area contributed by atoms with Crippen molar-refractivity contribution in [1.82, 2.24) is 20.2 Å². The number of hydrogen-bond acceptors (Lipinski definition) is 3. The van der Waals surface area contributed by atoms with Gasteiger partial charge < -0.3 is 15.2 Å². The Balaban J connectivity index is 1.48. The van der Waals surface area contributed by atoms with E-state index in [0.717, 1.165) is 65.1 Å². The molecule has 0 radical (unpaired) electrons. The molecule has 6 rings (SSSR count). The second-order valence-electron chi connectivity index (χ2n) is 9.98. The first-order valence-corrected chi connectivity index (χ1v) is 11.4. The summed E-state index contributed by atoms with van der Waals surface area (Å²) in [4.78, 5) is 23.4. The number of aromatic amines is 1. The van der Waals surface area contributed by atoms with Crippen molar-refractivity contribution in [2.75, 3.05) is 26.7 Å². The Bertz CT molecular complexity index is 1270. The van der Waals surface area contributed by atoms with E-state index in [-0.39, 0.29) is 23.1 Å². The minimum atomic E-state index is -0.249. The van der Waals surface area contributed by atoms with Crippen LogP contribution in [0.5, 0.6) is 0 Å². The van der Waals surface area contributed by atoms with Crippen LogP contribution in [0.4, 0.5) is 4.39 Å². The van der Waals surface area contributed by atoms with Crippen LogP contribution in [0, 0.1) is 5.82 Å². The molecule has 5 nitrogen and oxygen atoms in total. The molecule has 1 saturated heterocycles. The normalized spacial score (nSPS) is 18.7. The summed E-state index contributed by atoms with van der Waals surface area (Å²) in [6.45, 7) is 6.65. The van der Waals surface area contributed by atoms with Crippen LogP contribution in [-0.4, -0.2) is 47.5 Å². The third kappa shape index (κ3) is 2.72. The predicted octanol–water partition coefficient (Wildman–Crippen LogP) is 4.03. The van der Waals surface area contributed by atoms with Crippen LogP contribution in [0.25, 0.3) is 22.5 Å². The molecule has 1 amide bonds. The molecule has 6 heteroatoms. The molecule has 1 fully saturated rings. The second kappa shape index (κ2) is 6.75. The third-order valence-electron chi connectivity index (χ3n) is 7.43. The van der Waals surface area contributed by atoms with E-state index in [4.69, 9.17) is 0 Å². The fraction of sp³-hybridized carbons (Fsp3) is 0.385. The number of likely N-dealkylation sites (tertiary alicyclic amines) is 1. The number of carbonyl (C=O) groups is 1. The van der Waals surface area contributed by atoms with Gasteiger partial charge in [0.05, 0.1) is 22.4 Å². The second-order valence-corrected chi connectivity index (χ2v) is 9.98. The SMILES string of the molecule is CC(C)c1ccc(-c2cc3c(cn2)CCc2c-3[nH]c3c2C(=O)NCC32CN(C)C2)c(F)c1. The Morgan fingerprint density at radius 2 is 1.97 bits per heavy atom. The first-order chi connectivity index (χ1) is 15.4. The lowest BCUT2D eigenvalue weighted by Crippen LogP contribution is -2.65. The van der Waals surface area contributed by atoms with E-state index in [9.17, 15) is 9.18 Å². The van der Waals surface area contributed by atoms with Gasteiger partial charge in [-0.25, -0.2) is 4.39 Å². The number of halogens is 1. The summed E-state index contributed by atoms with van der Waals surface area (Å²) in [5.74, 6) is 0.0406. The highest BCUT2D eigenvalue weighted by molar-refractivity contribution is 6.01. The number of pyridine rings is 1. The third-order valence-corrected chi connectivity index (χ3v) is 7.43. The minimum Gasteiger partial charge on any atom is -0.357 e. The van der Waals surface area contributed by atoms with Crippen molar-refractivity contribution in [2.45, 2.75) is 38.0 Å². The minimum absolute atomic E-state index is 0.0192. The van der Waals surface area contributed by atoms with Crippen LogP contribution in [0.3, 0.4) is 0 Å². The number of nitrogens with zero attached hydrogens (tertiary/aromatic N) is 2. The molecule has 3 aromatic rings. The quantitative estimate of drug-likeness (QED) is 0.645. The van der Waals surface area contributed by atoms with Gasteiger partial charge in [0.25, 0.3) is 5.91 Å². The van der Waals surface area contributed by atoms with E-state index in [1.54, 1.807) is 6.07 Å². The molecular weight excluding hydrogens is 403 g/mol. The molecular formula is C26H27FN4O. The molecule has 1 spiro atoms. The first kappa shape index (κ1) is 19.7. The van der Waals surface area contributed by atoms with Gasteiger partial charge in [0.2, 0.25) is 0 Å². The van der Waals surface area contributed by atoms with Gasteiger partial charge in [-0.15, -0.1) is 0 Å². The maximum Gasteiger partial charge on any atom is 0.253 e. The Kier molecular flexibility index (Phi) is 4.15. The molecule has 0 bridgehead atoms. The molecule has 32 heavy (non-hydrogen) atoms. The van der Waals surface area contributed by atoms with Crippen LogP contribution in [0.2, 0.25) is 0 Å². The van der Waals surface area contributed by atoms with Crippen LogP contribution >= 0.6 is 0 Å². The molecule has 0 unspecified atom stereocenters. The zero-order valence-electron chi connectivity index (χ0n) is 18.7. The van der Waals surface area contributed by atoms with Gasteiger partial charge in [-0.2, -0.15) is 0 Å². The zero-order valence-corrected chi connectivity index (χ0v) is 18.7. The van der Waals surface area contributed by atoms with Gasteiger partial charge in [-0.3, -0.25) is 9.78 Å². The summed E-state index contributed by atoms with van der Waals surface area (Å²) < 4.78 is 14.9. The maximum atomic E-state index is 14.9. The Labute approximate surface area is 187 Å². The molecule has 2 aliphatic heterocycles. The van der Waals surface area contributed by atoms with Gasteiger partial charge in [0, 0.05) is 42.7 Å². The van der Waals surface area contributed by atoms with E-state index >= 15 is 0 Å². The monoisotopic (exact) mass is 430 g/mol. The topological polar surface area (TPSA) is 61.0 Å². The molecule has 2 aromatic heterocycles. The van der Waals surface area contributed by atoms with Crippen molar-refractivity contribution in [1.29, 1.82) is 0 Å². The molecule has 0 saturated carbocycles. The smallest absolute Gasteiger partial charge is 0.253 e. The van der Waals surface area contributed by atoms with E-state index in [2.05, 4.69) is 41.1 Å². The molecule has 1 aromatic carbocycles. The predicted molar refractivity (Wildman–Crippen MR) is 122 cm³/mol. The van der Waals surface area contributed by atoms with E-state index in [1.807, 2.05) is 24.4 Å². The van der Waals surface area contributed by atoms with Gasteiger partial charge in [0.15, 0.2) is 0 Å². The zero-order chi connectivity index (χ0) is 22.2. The standard InChI is InChI=1S/C26H27FN4O/c1-14(2)15-4-6-17(20(27)8-15)21-9-19-16(10-28-21)5-7-18-22-24(30-23(18)19)26(11-29-25(22)32)12-31(3)13-26/h4,6,8-10,14,30H,5,7,11-13H2,1-3H3,(H,29,32). The number of aromatic nitrogens is 2.